The van der Waals surface area contributed by atoms with E-state index in [1.807, 2.05) is 25.1 Å². The third kappa shape index (κ3) is 6.94. The lowest BCUT2D eigenvalue weighted by Gasteiger charge is -2.10. The summed E-state index contributed by atoms with van der Waals surface area (Å²) in [6.45, 7) is 4.02. The van der Waals surface area contributed by atoms with Gasteiger partial charge in [0.25, 0.3) is 5.91 Å². The number of carbonyl (C=O) groups is 1. The fourth-order valence-corrected chi connectivity index (χ4v) is 2.00. The molecule has 3 N–H and O–H groups in total. The molecule has 0 unspecified atom stereocenters. The number of aryl methyl sites for hydroxylation is 1. The summed E-state index contributed by atoms with van der Waals surface area (Å²) in [7, 11) is 4.10. The largest absolute Gasteiger partial charge is 0.352 e. The monoisotopic (exact) mass is 287 g/mol. The van der Waals surface area contributed by atoms with Crippen molar-refractivity contribution < 1.29 is 4.79 Å². The van der Waals surface area contributed by atoms with Crippen LogP contribution in [-0.2, 0) is 0 Å². The first-order chi connectivity index (χ1) is 10.0. The minimum absolute atomic E-state index is 0.0423. The van der Waals surface area contributed by atoms with E-state index in [-0.39, 0.29) is 5.91 Å². The van der Waals surface area contributed by atoms with Crippen LogP contribution < -0.4 is 11.1 Å². The van der Waals surface area contributed by atoms with Crippen LogP contribution in [0.2, 0.25) is 0 Å². The van der Waals surface area contributed by atoms with E-state index in [0.717, 1.165) is 30.5 Å². The van der Waals surface area contributed by atoms with Crippen molar-refractivity contribution in [3.05, 3.63) is 34.9 Å². The Morgan fingerprint density at radius 3 is 2.71 bits per heavy atom. The average Bonchev–Trinajstić information content (AvgIpc) is 2.43. The molecule has 0 saturated carbocycles. The molecule has 114 valence electrons. The van der Waals surface area contributed by atoms with Crippen LogP contribution >= 0.6 is 0 Å². The molecule has 4 heteroatoms. The molecule has 0 bridgehead atoms. The number of nitrogens with two attached hydrogens (primary N) is 1. The lowest BCUT2D eigenvalue weighted by Crippen LogP contribution is -2.25. The zero-order valence-electron chi connectivity index (χ0n) is 13.2. The maximum atomic E-state index is 12.1. The third-order valence-corrected chi connectivity index (χ3v) is 2.99. The average molecular weight is 287 g/mol. The standard InChI is InChI=1S/C17H25N3O/c1-14-11-15(7-6-8-18)13-16(12-14)17(21)19-9-4-5-10-20(2)3/h11-13H,4-5,8-10,18H2,1-3H3,(H,19,21). The van der Waals surface area contributed by atoms with Crippen LogP contribution in [0.4, 0.5) is 0 Å². The highest BCUT2D eigenvalue weighted by atomic mass is 16.1. The van der Waals surface area contributed by atoms with Gasteiger partial charge in [0, 0.05) is 17.7 Å². The highest BCUT2D eigenvalue weighted by Gasteiger charge is 2.06. The van der Waals surface area contributed by atoms with Gasteiger partial charge in [-0.2, -0.15) is 0 Å². The zero-order valence-corrected chi connectivity index (χ0v) is 13.2. The van der Waals surface area contributed by atoms with Gasteiger partial charge in [-0.1, -0.05) is 11.8 Å². The van der Waals surface area contributed by atoms with E-state index in [4.69, 9.17) is 5.73 Å². The number of nitrogens with zero attached hydrogens (tertiary/aromatic N) is 1. The predicted molar refractivity (Wildman–Crippen MR) is 87.2 cm³/mol. The second kappa shape index (κ2) is 9.17. The smallest absolute Gasteiger partial charge is 0.251 e. The van der Waals surface area contributed by atoms with Gasteiger partial charge in [-0.25, -0.2) is 0 Å². The summed E-state index contributed by atoms with van der Waals surface area (Å²) in [5, 5.41) is 2.95. The van der Waals surface area contributed by atoms with Crippen molar-refractivity contribution >= 4 is 5.91 Å². The molecule has 0 aliphatic rings. The molecule has 0 heterocycles. The number of hydrogen-bond acceptors (Lipinski definition) is 3. The normalized spacial score (nSPS) is 10.1. The predicted octanol–water partition coefficient (Wildman–Crippen LogP) is 1.38. The Balaban J connectivity index is 2.55. The van der Waals surface area contributed by atoms with Crippen molar-refractivity contribution in [3.8, 4) is 11.8 Å². The highest BCUT2D eigenvalue weighted by molar-refractivity contribution is 5.94. The van der Waals surface area contributed by atoms with E-state index >= 15 is 0 Å². The second-order valence-corrected chi connectivity index (χ2v) is 5.36. The number of benzene rings is 1. The Kier molecular flexibility index (Phi) is 7.52. The molecular formula is C17H25N3O. The van der Waals surface area contributed by atoms with Crippen LogP contribution in [0.25, 0.3) is 0 Å². The Bertz CT molecular complexity index is 527. The first-order valence-corrected chi connectivity index (χ1v) is 7.26. The molecule has 0 aliphatic heterocycles. The van der Waals surface area contributed by atoms with Gasteiger partial charge >= 0.3 is 0 Å². The first-order valence-electron chi connectivity index (χ1n) is 7.26. The van der Waals surface area contributed by atoms with Crippen LogP contribution in [-0.4, -0.2) is 44.5 Å². The molecule has 0 aromatic heterocycles. The van der Waals surface area contributed by atoms with Gasteiger partial charge in [-0.3, -0.25) is 4.79 Å². The molecule has 0 aliphatic carbocycles. The minimum atomic E-state index is -0.0423. The summed E-state index contributed by atoms with van der Waals surface area (Å²) >= 11 is 0. The third-order valence-electron chi connectivity index (χ3n) is 2.99. The molecule has 1 rings (SSSR count). The minimum Gasteiger partial charge on any atom is -0.352 e. The summed E-state index contributed by atoms with van der Waals surface area (Å²) in [4.78, 5) is 14.3. The van der Waals surface area contributed by atoms with Gasteiger partial charge < -0.3 is 16.0 Å². The SMILES string of the molecule is Cc1cc(C#CCN)cc(C(=O)NCCCCN(C)C)c1. The summed E-state index contributed by atoms with van der Waals surface area (Å²) in [5.74, 6) is 5.74. The fourth-order valence-electron chi connectivity index (χ4n) is 2.00. The van der Waals surface area contributed by atoms with Crippen LogP contribution in [0, 0.1) is 18.8 Å². The molecule has 1 aromatic rings. The lowest BCUT2D eigenvalue weighted by atomic mass is 10.1. The maximum absolute atomic E-state index is 12.1. The molecule has 0 spiro atoms. The van der Waals surface area contributed by atoms with Crippen LogP contribution in [0.5, 0.6) is 0 Å². The number of rotatable bonds is 6. The van der Waals surface area contributed by atoms with Crippen molar-refractivity contribution in [2.45, 2.75) is 19.8 Å². The molecule has 1 amide bonds. The van der Waals surface area contributed by atoms with E-state index in [1.54, 1.807) is 0 Å². The van der Waals surface area contributed by atoms with Crippen molar-refractivity contribution in [1.82, 2.24) is 10.2 Å². The molecule has 0 saturated heterocycles. The summed E-state index contributed by atoms with van der Waals surface area (Å²) in [6, 6.07) is 5.64. The molecule has 1 aromatic carbocycles. The second-order valence-electron chi connectivity index (χ2n) is 5.36. The summed E-state index contributed by atoms with van der Waals surface area (Å²) in [5.41, 5.74) is 7.88. The maximum Gasteiger partial charge on any atom is 0.251 e. The molecule has 0 radical (unpaired) electrons. The Hall–Kier alpha value is -1.83. The Morgan fingerprint density at radius 2 is 2.05 bits per heavy atom. The fraction of sp³-hybridized carbons (Fsp3) is 0.471. The number of carbonyl (C=O) groups excluding carboxylic acids is 1. The van der Waals surface area contributed by atoms with Crippen molar-refractivity contribution in [1.29, 1.82) is 0 Å². The van der Waals surface area contributed by atoms with Gasteiger partial charge in [-0.05, 0) is 64.2 Å². The number of unbranched alkanes of at least 4 members (excludes halogenated alkanes) is 1. The van der Waals surface area contributed by atoms with E-state index in [9.17, 15) is 4.79 Å². The molecule has 0 fully saturated rings. The van der Waals surface area contributed by atoms with Crippen molar-refractivity contribution in [3.63, 3.8) is 0 Å². The lowest BCUT2D eigenvalue weighted by molar-refractivity contribution is 0.0952. The topological polar surface area (TPSA) is 58.4 Å². The summed E-state index contributed by atoms with van der Waals surface area (Å²) < 4.78 is 0. The van der Waals surface area contributed by atoms with E-state index < -0.39 is 0 Å². The molecule has 4 nitrogen and oxygen atoms in total. The van der Waals surface area contributed by atoms with Gasteiger partial charge in [0.2, 0.25) is 0 Å². The quantitative estimate of drug-likeness (QED) is 0.614. The van der Waals surface area contributed by atoms with E-state index in [0.29, 0.717) is 18.7 Å². The number of nitrogens with one attached hydrogen (secondary N) is 1. The number of hydrogen-bond donors (Lipinski definition) is 2. The van der Waals surface area contributed by atoms with Crippen LogP contribution in [0.1, 0.15) is 34.3 Å². The highest BCUT2D eigenvalue weighted by Crippen LogP contribution is 2.09. The van der Waals surface area contributed by atoms with Crippen molar-refractivity contribution in [2.75, 3.05) is 33.7 Å². The molecule has 0 atom stereocenters. The van der Waals surface area contributed by atoms with Crippen molar-refractivity contribution in [2.24, 2.45) is 5.73 Å². The molecule has 21 heavy (non-hydrogen) atoms. The summed E-state index contributed by atoms with van der Waals surface area (Å²) in [6.07, 6.45) is 2.06. The van der Waals surface area contributed by atoms with Crippen LogP contribution in [0.15, 0.2) is 18.2 Å². The zero-order chi connectivity index (χ0) is 15.7. The number of amides is 1. The van der Waals surface area contributed by atoms with Gasteiger partial charge in [-0.15, -0.1) is 0 Å². The molecular weight excluding hydrogens is 262 g/mol. The van der Waals surface area contributed by atoms with Crippen LogP contribution in [0.3, 0.4) is 0 Å². The first kappa shape index (κ1) is 17.2. The Labute approximate surface area is 127 Å². The van der Waals surface area contributed by atoms with Gasteiger partial charge in [0.1, 0.15) is 0 Å². The van der Waals surface area contributed by atoms with E-state index in [2.05, 4.69) is 36.2 Å². The van der Waals surface area contributed by atoms with Gasteiger partial charge in [0.15, 0.2) is 0 Å². The van der Waals surface area contributed by atoms with Gasteiger partial charge in [0.05, 0.1) is 6.54 Å². The van der Waals surface area contributed by atoms with E-state index in [1.165, 1.54) is 0 Å². The Morgan fingerprint density at radius 1 is 1.29 bits per heavy atom.